The van der Waals surface area contributed by atoms with E-state index in [-0.39, 0.29) is 18.2 Å². The van der Waals surface area contributed by atoms with Crippen molar-refractivity contribution in [3.63, 3.8) is 0 Å². The lowest BCUT2D eigenvalue weighted by atomic mass is 9.99. The van der Waals surface area contributed by atoms with Gasteiger partial charge in [-0.15, -0.1) is 0 Å². The number of hydrogen-bond donors (Lipinski definition) is 1. The number of rotatable bonds is 5. The van der Waals surface area contributed by atoms with Crippen LogP contribution in [0.15, 0.2) is 79.3 Å². The van der Waals surface area contributed by atoms with Gasteiger partial charge in [-0.25, -0.2) is 14.8 Å². The molecule has 1 atom stereocenters. The van der Waals surface area contributed by atoms with Gasteiger partial charge in [-0.1, -0.05) is 60.7 Å². The summed E-state index contributed by atoms with van der Waals surface area (Å²) in [7, 11) is 0. The molecule has 0 radical (unpaired) electrons. The van der Waals surface area contributed by atoms with Gasteiger partial charge in [0.15, 0.2) is 0 Å². The van der Waals surface area contributed by atoms with E-state index >= 15 is 0 Å². The number of hydrogen-bond acceptors (Lipinski definition) is 4. The molecule has 3 aromatic rings. The molecule has 2 heterocycles. The molecule has 1 saturated heterocycles. The Hall–Kier alpha value is -3.41. The summed E-state index contributed by atoms with van der Waals surface area (Å²) >= 11 is 0. The van der Waals surface area contributed by atoms with Crippen molar-refractivity contribution in [2.45, 2.75) is 25.0 Å². The number of amides is 2. The highest BCUT2D eigenvalue weighted by atomic mass is 16.5. The van der Waals surface area contributed by atoms with Gasteiger partial charge in [0, 0.05) is 18.8 Å². The zero-order chi connectivity index (χ0) is 19.9. The summed E-state index contributed by atoms with van der Waals surface area (Å²) in [6.45, 7) is 1.25. The lowest BCUT2D eigenvalue weighted by Crippen LogP contribution is -2.49. The van der Waals surface area contributed by atoms with Crippen molar-refractivity contribution in [1.29, 1.82) is 0 Å². The number of urea groups is 1. The second-order valence-corrected chi connectivity index (χ2v) is 7.08. The zero-order valence-corrected chi connectivity index (χ0v) is 16.1. The molecule has 0 bridgehead atoms. The van der Waals surface area contributed by atoms with E-state index in [4.69, 9.17) is 4.74 Å². The Morgan fingerprint density at radius 1 is 1.03 bits per heavy atom. The summed E-state index contributed by atoms with van der Waals surface area (Å²) in [6.07, 6.45) is 4.84. The molecular weight excluding hydrogens is 364 g/mol. The van der Waals surface area contributed by atoms with Gasteiger partial charge < -0.3 is 15.0 Å². The van der Waals surface area contributed by atoms with Crippen LogP contribution in [0.3, 0.4) is 0 Å². The number of nitrogens with zero attached hydrogens (tertiary/aromatic N) is 3. The van der Waals surface area contributed by atoms with Gasteiger partial charge in [0.05, 0.1) is 12.6 Å². The molecule has 0 spiro atoms. The van der Waals surface area contributed by atoms with Crippen molar-refractivity contribution < 1.29 is 9.53 Å². The monoisotopic (exact) mass is 388 g/mol. The predicted octanol–water partition coefficient (Wildman–Crippen LogP) is 3.82. The highest BCUT2D eigenvalue weighted by Crippen LogP contribution is 2.23. The molecule has 1 N–H and O–H groups in total. The van der Waals surface area contributed by atoms with Crippen molar-refractivity contribution in [3.05, 3.63) is 90.4 Å². The number of benzene rings is 2. The molecule has 6 nitrogen and oxygen atoms in total. The van der Waals surface area contributed by atoms with Crippen LogP contribution in [0.1, 0.15) is 30.0 Å². The quantitative estimate of drug-likeness (QED) is 0.722. The molecule has 0 saturated carbocycles. The van der Waals surface area contributed by atoms with E-state index in [1.165, 1.54) is 6.33 Å². The van der Waals surface area contributed by atoms with Gasteiger partial charge in [-0.3, -0.25) is 0 Å². The number of carbonyl (C=O) groups is 1. The fourth-order valence-electron chi connectivity index (χ4n) is 3.60. The fourth-order valence-corrected chi connectivity index (χ4v) is 3.60. The molecular formula is C23H24N4O2. The Labute approximate surface area is 170 Å². The number of nitrogens with one attached hydrogen (secondary N) is 1. The summed E-state index contributed by atoms with van der Waals surface area (Å²) in [5.74, 6) is 0.540. The molecule has 4 rings (SSSR count). The molecule has 1 fully saturated rings. The van der Waals surface area contributed by atoms with Gasteiger partial charge in [-0.2, -0.15) is 0 Å². The standard InChI is InChI=1S/C23H24N4O2/c28-23(27-15-7-12-20(16-27)29-21-13-14-24-17-25-21)26-22(18-8-3-1-4-9-18)19-10-5-2-6-11-19/h1-6,8-11,13-14,17,20,22H,7,12,15-16H2,(H,26,28)/t20-/m0/s1. The average molecular weight is 388 g/mol. The zero-order valence-electron chi connectivity index (χ0n) is 16.1. The number of piperidine rings is 1. The first-order valence-electron chi connectivity index (χ1n) is 9.87. The van der Waals surface area contributed by atoms with Crippen LogP contribution in [0.2, 0.25) is 0 Å². The van der Waals surface area contributed by atoms with Gasteiger partial charge in [-0.05, 0) is 24.0 Å². The summed E-state index contributed by atoms with van der Waals surface area (Å²) in [4.78, 5) is 22.9. The van der Waals surface area contributed by atoms with Crippen LogP contribution < -0.4 is 10.1 Å². The van der Waals surface area contributed by atoms with Crippen LogP contribution in [0.4, 0.5) is 4.79 Å². The minimum Gasteiger partial charge on any atom is -0.472 e. The number of aromatic nitrogens is 2. The fraction of sp³-hybridized carbons (Fsp3) is 0.261. The number of carbonyl (C=O) groups excluding carboxylic acids is 1. The lowest BCUT2D eigenvalue weighted by molar-refractivity contribution is 0.0970. The molecule has 1 aromatic heterocycles. The molecule has 1 aliphatic rings. The van der Waals surface area contributed by atoms with E-state index in [9.17, 15) is 4.79 Å². The first kappa shape index (κ1) is 18.9. The Balaban J connectivity index is 1.46. The van der Waals surface area contributed by atoms with E-state index in [1.54, 1.807) is 12.3 Å². The lowest BCUT2D eigenvalue weighted by Gasteiger charge is -2.34. The largest absolute Gasteiger partial charge is 0.472 e. The van der Waals surface area contributed by atoms with E-state index in [0.29, 0.717) is 19.0 Å². The molecule has 29 heavy (non-hydrogen) atoms. The Bertz CT molecular complexity index is 866. The maximum Gasteiger partial charge on any atom is 0.318 e. The molecule has 6 heteroatoms. The van der Waals surface area contributed by atoms with Crippen molar-refractivity contribution in [2.75, 3.05) is 13.1 Å². The minimum absolute atomic E-state index is 0.0729. The molecule has 0 unspecified atom stereocenters. The van der Waals surface area contributed by atoms with Crippen LogP contribution in [-0.2, 0) is 0 Å². The predicted molar refractivity (Wildman–Crippen MR) is 111 cm³/mol. The topological polar surface area (TPSA) is 67.4 Å². The van der Waals surface area contributed by atoms with Crippen molar-refractivity contribution >= 4 is 6.03 Å². The van der Waals surface area contributed by atoms with Crippen molar-refractivity contribution in [1.82, 2.24) is 20.2 Å². The Morgan fingerprint density at radius 3 is 2.34 bits per heavy atom. The van der Waals surface area contributed by atoms with Crippen LogP contribution in [-0.4, -0.2) is 40.1 Å². The van der Waals surface area contributed by atoms with Crippen molar-refractivity contribution in [2.24, 2.45) is 0 Å². The smallest absolute Gasteiger partial charge is 0.318 e. The third-order valence-corrected chi connectivity index (χ3v) is 5.04. The first-order valence-corrected chi connectivity index (χ1v) is 9.87. The van der Waals surface area contributed by atoms with E-state index in [0.717, 1.165) is 24.0 Å². The van der Waals surface area contributed by atoms with Crippen LogP contribution in [0.5, 0.6) is 5.88 Å². The second kappa shape index (κ2) is 9.19. The molecule has 2 amide bonds. The summed E-state index contributed by atoms with van der Waals surface area (Å²) in [5.41, 5.74) is 2.11. The second-order valence-electron chi connectivity index (χ2n) is 7.08. The van der Waals surface area contributed by atoms with Crippen LogP contribution >= 0.6 is 0 Å². The van der Waals surface area contributed by atoms with Gasteiger partial charge in [0.1, 0.15) is 12.4 Å². The van der Waals surface area contributed by atoms with E-state index in [2.05, 4.69) is 15.3 Å². The Morgan fingerprint density at radius 2 is 1.72 bits per heavy atom. The minimum atomic E-state index is -0.201. The highest BCUT2D eigenvalue weighted by Gasteiger charge is 2.27. The third kappa shape index (κ3) is 4.90. The van der Waals surface area contributed by atoms with E-state index < -0.39 is 0 Å². The maximum atomic E-state index is 13.1. The number of likely N-dealkylation sites (tertiary alicyclic amines) is 1. The summed E-state index contributed by atoms with van der Waals surface area (Å²) < 4.78 is 5.94. The Kier molecular flexibility index (Phi) is 6.00. The summed E-state index contributed by atoms with van der Waals surface area (Å²) in [6, 6.07) is 21.5. The SMILES string of the molecule is O=C(NC(c1ccccc1)c1ccccc1)N1CCC[C@H](Oc2ccncn2)C1. The molecule has 1 aliphatic heterocycles. The maximum absolute atomic E-state index is 13.1. The highest BCUT2D eigenvalue weighted by molar-refractivity contribution is 5.75. The van der Waals surface area contributed by atoms with Crippen molar-refractivity contribution in [3.8, 4) is 5.88 Å². The molecule has 2 aromatic carbocycles. The van der Waals surface area contributed by atoms with Gasteiger partial charge in [0.2, 0.25) is 5.88 Å². The van der Waals surface area contributed by atoms with Crippen LogP contribution in [0.25, 0.3) is 0 Å². The molecule has 148 valence electrons. The van der Waals surface area contributed by atoms with Crippen LogP contribution in [0, 0.1) is 0 Å². The normalized spacial score (nSPS) is 16.4. The summed E-state index contributed by atoms with van der Waals surface area (Å²) in [5, 5.41) is 3.21. The number of ether oxygens (including phenoxy) is 1. The molecule has 0 aliphatic carbocycles. The third-order valence-electron chi connectivity index (χ3n) is 5.04. The van der Waals surface area contributed by atoms with E-state index in [1.807, 2.05) is 65.6 Å². The van der Waals surface area contributed by atoms with Gasteiger partial charge >= 0.3 is 6.03 Å². The first-order chi connectivity index (χ1) is 14.3. The van der Waals surface area contributed by atoms with Gasteiger partial charge in [0.25, 0.3) is 0 Å². The average Bonchev–Trinajstić information content (AvgIpc) is 2.79.